The number of hydrogen-bond acceptors (Lipinski definition) is 5. The van der Waals surface area contributed by atoms with E-state index in [0.29, 0.717) is 21.9 Å². The highest BCUT2D eigenvalue weighted by atomic mass is 35.5. The average Bonchev–Trinajstić information content (AvgIpc) is 2.96. The largest absolute Gasteiger partial charge is 0.488 e. The van der Waals surface area contributed by atoms with E-state index in [0.717, 1.165) is 28.1 Å². The third kappa shape index (κ3) is 6.10. The molecule has 1 aromatic heterocycles. The van der Waals surface area contributed by atoms with E-state index in [1.54, 1.807) is 36.4 Å². The molecule has 0 fully saturated rings. The van der Waals surface area contributed by atoms with Gasteiger partial charge in [0.05, 0.1) is 22.7 Å². The molecule has 208 valence electrons. The first-order valence-corrected chi connectivity index (χ1v) is 12.9. The van der Waals surface area contributed by atoms with Crippen LogP contribution >= 0.6 is 11.6 Å². The van der Waals surface area contributed by atoms with Crippen molar-refractivity contribution in [2.45, 2.75) is 12.8 Å². The van der Waals surface area contributed by atoms with Gasteiger partial charge in [0, 0.05) is 47.6 Å². The monoisotopic (exact) mass is 576 g/mol. The molecule has 1 heterocycles. The summed E-state index contributed by atoms with van der Waals surface area (Å²) < 4.78 is 47.6. The number of rotatable bonds is 7. The molecule has 6 nitrogen and oxygen atoms in total. The average molecular weight is 577 g/mol. The molecule has 0 bridgehead atoms. The number of fused-ring (bicyclic) bond motifs is 1. The zero-order valence-electron chi connectivity index (χ0n) is 22.1. The molecular formula is C31H24ClF3N4O2. The number of alkyl halides is 3. The summed E-state index contributed by atoms with van der Waals surface area (Å²) in [5, 5.41) is 5.26. The summed E-state index contributed by atoms with van der Waals surface area (Å²) >= 11 is 6.30. The van der Waals surface area contributed by atoms with Gasteiger partial charge in [-0.15, -0.1) is 0 Å². The van der Waals surface area contributed by atoms with Gasteiger partial charge in [0.25, 0.3) is 5.56 Å². The first kappa shape index (κ1) is 27.9. The molecule has 0 amide bonds. The minimum atomic E-state index is -4.57. The quantitative estimate of drug-likeness (QED) is 0.191. The predicted molar refractivity (Wildman–Crippen MR) is 156 cm³/mol. The highest BCUT2D eigenvalue weighted by Gasteiger charge is 2.31. The van der Waals surface area contributed by atoms with E-state index in [1.807, 2.05) is 49.3 Å². The lowest BCUT2D eigenvalue weighted by Gasteiger charge is -2.16. The van der Waals surface area contributed by atoms with Crippen molar-refractivity contribution in [3.8, 4) is 17.1 Å². The van der Waals surface area contributed by atoms with Crippen molar-refractivity contribution in [3.05, 3.63) is 123 Å². The smallest absolute Gasteiger partial charge is 0.416 e. The maximum Gasteiger partial charge on any atom is 0.416 e. The van der Waals surface area contributed by atoms with Crippen LogP contribution in [0.2, 0.25) is 5.02 Å². The Bertz CT molecular complexity index is 1820. The van der Waals surface area contributed by atoms with Crippen molar-refractivity contribution in [2.24, 2.45) is 5.10 Å². The Balaban J connectivity index is 1.62. The van der Waals surface area contributed by atoms with Crippen molar-refractivity contribution in [1.29, 1.82) is 0 Å². The molecule has 0 N–H and O–H groups in total. The van der Waals surface area contributed by atoms with E-state index >= 15 is 0 Å². The van der Waals surface area contributed by atoms with Crippen LogP contribution in [0, 0.1) is 0 Å². The predicted octanol–water partition coefficient (Wildman–Crippen LogP) is 7.26. The highest BCUT2D eigenvalue weighted by Crippen LogP contribution is 2.32. The number of anilines is 1. The van der Waals surface area contributed by atoms with Gasteiger partial charge in [0.1, 0.15) is 12.4 Å². The Hall–Kier alpha value is -4.63. The van der Waals surface area contributed by atoms with Gasteiger partial charge in [-0.1, -0.05) is 54.1 Å². The lowest BCUT2D eigenvalue weighted by atomic mass is 10.1. The molecule has 0 aliphatic rings. The Kier molecular flexibility index (Phi) is 7.81. The summed E-state index contributed by atoms with van der Waals surface area (Å²) in [7, 11) is 3.78. The molecule has 0 aliphatic carbocycles. The van der Waals surface area contributed by atoms with Crippen molar-refractivity contribution >= 4 is 34.4 Å². The van der Waals surface area contributed by atoms with Gasteiger partial charge in [-0.2, -0.15) is 22.9 Å². The second-order valence-corrected chi connectivity index (χ2v) is 9.80. The number of ether oxygens (including phenoxy) is 1. The fourth-order valence-electron chi connectivity index (χ4n) is 4.18. The van der Waals surface area contributed by atoms with E-state index in [9.17, 15) is 18.0 Å². The summed E-state index contributed by atoms with van der Waals surface area (Å²) in [5.74, 6) is 0.446. The summed E-state index contributed by atoms with van der Waals surface area (Å²) in [5.41, 5.74) is 1.25. The maximum atomic E-state index is 13.5. The van der Waals surface area contributed by atoms with Gasteiger partial charge in [-0.3, -0.25) is 4.79 Å². The second-order valence-electron chi connectivity index (χ2n) is 9.39. The number of hydrogen-bond donors (Lipinski definition) is 0. The first-order chi connectivity index (χ1) is 19.6. The van der Waals surface area contributed by atoms with Gasteiger partial charge in [-0.05, 0) is 42.5 Å². The molecule has 0 spiro atoms. The van der Waals surface area contributed by atoms with Crippen LogP contribution in [0.4, 0.5) is 18.9 Å². The lowest BCUT2D eigenvalue weighted by Crippen LogP contribution is -2.20. The molecule has 0 saturated heterocycles. The van der Waals surface area contributed by atoms with Crippen LogP contribution in [0.1, 0.15) is 16.7 Å². The fraction of sp³-hybridized carbons (Fsp3) is 0.129. The lowest BCUT2D eigenvalue weighted by molar-refractivity contribution is -0.137. The summed E-state index contributed by atoms with van der Waals surface area (Å²) in [6, 6.07) is 24.0. The second kappa shape index (κ2) is 11.5. The van der Waals surface area contributed by atoms with Crippen molar-refractivity contribution in [2.75, 3.05) is 19.0 Å². The molecule has 41 heavy (non-hydrogen) atoms. The van der Waals surface area contributed by atoms with Gasteiger partial charge in [0.2, 0.25) is 0 Å². The van der Waals surface area contributed by atoms with Crippen LogP contribution in [0.15, 0.2) is 101 Å². The number of benzene rings is 4. The van der Waals surface area contributed by atoms with E-state index in [-0.39, 0.29) is 23.4 Å². The molecule has 5 rings (SSSR count). The third-order valence-corrected chi connectivity index (χ3v) is 6.74. The van der Waals surface area contributed by atoms with Gasteiger partial charge in [-0.25, -0.2) is 4.98 Å². The Morgan fingerprint density at radius 1 is 0.976 bits per heavy atom. The van der Waals surface area contributed by atoms with E-state index in [4.69, 9.17) is 16.3 Å². The molecule has 0 radical (unpaired) electrons. The van der Waals surface area contributed by atoms with E-state index < -0.39 is 17.3 Å². The molecule has 0 atom stereocenters. The molecule has 10 heteroatoms. The number of halogens is 4. The minimum Gasteiger partial charge on any atom is -0.488 e. The SMILES string of the molecule is CN(C)c1ccc(C=Nn2c(-c3cccc(C(F)(F)F)c3)nc3ccccc3c2=O)c(OCc2ccccc2Cl)c1. The molecule has 4 aromatic carbocycles. The van der Waals surface area contributed by atoms with Crippen molar-refractivity contribution in [3.63, 3.8) is 0 Å². The van der Waals surface area contributed by atoms with Gasteiger partial charge < -0.3 is 9.64 Å². The Labute approximate surface area is 238 Å². The van der Waals surface area contributed by atoms with Gasteiger partial charge in [0.15, 0.2) is 5.82 Å². The number of para-hydroxylation sites is 1. The maximum absolute atomic E-state index is 13.5. The van der Waals surface area contributed by atoms with Crippen LogP contribution < -0.4 is 15.2 Å². The fourth-order valence-corrected chi connectivity index (χ4v) is 4.37. The van der Waals surface area contributed by atoms with Crippen LogP contribution in [0.25, 0.3) is 22.3 Å². The Morgan fingerprint density at radius 2 is 1.73 bits per heavy atom. The van der Waals surface area contributed by atoms with Gasteiger partial charge >= 0.3 is 6.18 Å². The van der Waals surface area contributed by atoms with Crippen LogP contribution in [-0.2, 0) is 12.8 Å². The first-order valence-electron chi connectivity index (χ1n) is 12.5. The molecule has 0 aliphatic heterocycles. The van der Waals surface area contributed by atoms with Crippen LogP contribution in [0.3, 0.4) is 0 Å². The van der Waals surface area contributed by atoms with E-state index in [1.165, 1.54) is 18.3 Å². The Morgan fingerprint density at radius 3 is 2.49 bits per heavy atom. The summed E-state index contributed by atoms with van der Waals surface area (Å²) in [4.78, 5) is 20.0. The van der Waals surface area contributed by atoms with Crippen LogP contribution in [-0.4, -0.2) is 30.0 Å². The number of nitrogens with zero attached hydrogens (tertiary/aromatic N) is 4. The van der Waals surface area contributed by atoms with Crippen molar-refractivity contribution < 1.29 is 17.9 Å². The zero-order valence-corrected chi connectivity index (χ0v) is 22.8. The normalized spacial score (nSPS) is 11.8. The standard InChI is InChI=1S/C31H24ClF3N4O2/c1-38(2)24-15-14-21(28(17-24)41-19-22-8-3-5-12-26(22)32)18-36-39-29(20-9-7-10-23(16-20)31(33,34)35)37-27-13-6-4-11-25(27)30(39)40/h3-18H,19H2,1-2H3. The van der Waals surface area contributed by atoms with E-state index in [2.05, 4.69) is 10.1 Å². The van der Waals surface area contributed by atoms with Crippen molar-refractivity contribution in [1.82, 2.24) is 9.66 Å². The van der Waals surface area contributed by atoms with Crippen LogP contribution in [0.5, 0.6) is 5.75 Å². The summed E-state index contributed by atoms with van der Waals surface area (Å²) in [6.45, 7) is 0.185. The molecule has 0 unspecified atom stereocenters. The topological polar surface area (TPSA) is 59.7 Å². The summed E-state index contributed by atoms with van der Waals surface area (Å²) in [6.07, 6.45) is -3.14. The minimum absolute atomic E-state index is 0.0282. The third-order valence-electron chi connectivity index (χ3n) is 6.37. The molecule has 5 aromatic rings. The zero-order chi connectivity index (χ0) is 29.1. The highest BCUT2D eigenvalue weighted by molar-refractivity contribution is 6.31. The number of aromatic nitrogens is 2. The molecule has 0 saturated carbocycles. The molecular weight excluding hydrogens is 553 g/mol.